The molecule has 41 heavy (non-hydrogen) atoms. The van der Waals surface area contributed by atoms with Gasteiger partial charge in [-0.25, -0.2) is 4.99 Å². The third-order valence-corrected chi connectivity index (χ3v) is 9.76. The first kappa shape index (κ1) is 29.9. The van der Waals surface area contributed by atoms with Gasteiger partial charge in [0.25, 0.3) is 5.91 Å². The lowest BCUT2D eigenvalue weighted by Gasteiger charge is -2.33. The first-order valence-electron chi connectivity index (χ1n) is 13.4. The molecule has 0 radical (unpaired) electrons. The highest BCUT2D eigenvalue weighted by atomic mass is 79.9. The quantitative estimate of drug-likeness (QED) is 0.189. The minimum absolute atomic E-state index is 0.119. The van der Waals surface area contributed by atoms with E-state index in [1.807, 2.05) is 36.4 Å². The lowest BCUT2D eigenvalue weighted by atomic mass is 9.72. The number of carbonyl (C=O) groups is 1. The second-order valence-electron chi connectivity index (χ2n) is 11.2. The number of ether oxygens (including phenoxy) is 1. The van der Waals surface area contributed by atoms with Crippen molar-refractivity contribution in [2.45, 2.75) is 53.2 Å². The van der Waals surface area contributed by atoms with E-state index >= 15 is 0 Å². The van der Waals surface area contributed by atoms with Crippen molar-refractivity contribution in [1.82, 2.24) is 5.32 Å². The molecule has 1 aliphatic carbocycles. The van der Waals surface area contributed by atoms with Crippen molar-refractivity contribution in [3.63, 3.8) is 0 Å². The van der Waals surface area contributed by atoms with Gasteiger partial charge in [-0.2, -0.15) is 0 Å². The number of benzene rings is 2. The third-order valence-electron chi connectivity index (χ3n) is 7.39. The van der Waals surface area contributed by atoms with Gasteiger partial charge < -0.3 is 14.5 Å². The molecule has 2 heterocycles. The summed E-state index contributed by atoms with van der Waals surface area (Å²) < 4.78 is 12.2. The molecule has 0 unspecified atom stereocenters. The molecule has 0 spiro atoms. The zero-order chi connectivity index (χ0) is 29.1. The van der Waals surface area contributed by atoms with E-state index in [0.29, 0.717) is 46.2 Å². The Bertz CT molecular complexity index is 1570. The number of hydrogen-bond acceptors (Lipinski definition) is 5. The van der Waals surface area contributed by atoms with Gasteiger partial charge >= 0.3 is 0 Å². The fraction of sp³-hybridized carbons (Fsp3) is 0.312. The summed E-state index contributed by atoms with van der Waals surface area (Å²) in [6.45, 7) is 7.53. The van der Waals surface area contributed by atoms with E-state index < -0.39 is 0 Å². The van der Waals surface area contributed by atoms with Gasteiger partial charge in [-0.15, -0.1) is 11.3 Å². The van der Waals surface area contributed by atoms with Gasteiger partial charge in [-0.05, 0) is 100 Å². The molecule has 0 fully saturated rings. The van der Waals surface area contributed by atoms with Crippen LogP contribution in [0.1, 0.15) is 64.9 Å². The van der Waals surface area contributed by atoms with Crippen molar-refractivity contribution in [3.8, 4) is 5.75 Å². The van der Waals surface area contributed by atoms with Crippen molar-refractivity contribution in [1.29, 1.82) is 0 Å². The van der Waals surface area contributed by atoms with Gasteiger partial charge in [0.05, 0.1) is 22.8 Å². The van der Waals surface area contributed by atoms with Crippen molar-refractivity contribution in [2.24, 2.45) is 16.3 Å². The van der Waals surface area contributed by atoms with Crippen LogP contribution in [0, 0.1) is 11.3 Å². The number of aliphatic imine (C=N–C) groups is 1. The molecule has 2 aromatic carbocycles. The molecule has 9 heteroatoms. The Kier molecular flexibility index (Phi) is 9.29. The number of furan rings is 1. The summed E-state index contributed by atoms with van der Waals surface area (Å²) in [7, 11) is 0. The van der Waals surface area contributed by atoms with Crippen LogP contribution in [0.2, 0.25) is 10.0 Å². The molecule has 2 aromatic heterocycles. The number of halogens is 3. The zero-order valence-electron chi connectivity index (χ0n) is 23.1. The Morgan fingerprint density at radius 2 is 2.05 bits per heavy atom. The molecule has 214 valence electrons. The van der Waals surface area contributed by atoms with Crippen LogP contribution in [0.5, 0.6) is 5.75 Å². The van der Waals surface area contributed by atoms with Crippen LogP contribution in [-0.4, -0.2) is 12.1 Å². The van der Waals surface area contributed by atoms with Crippen molar-refractivity contribution in [3.05, 3.63) is 102 Å². The molecule has 1 N–H and O–H groups in total. The predicted octanol–water partition coefficient (Wildman–Crippen LogP) is 9.82. The average molecular weight is 674 g/mol. The van der Waals surface area contributed by atoms with Crippen LogP contribution in [0.3, 0.4) is 0 Å². The highest BCUT2D eigenvalue weighted by Crippen LogP contribution is 2.45. The largest absolute Gasteiger partial charge is 0.488 e. The second-order valence-corrected chi connectivity index (χ2v) is 14.0. The first-order chi connectivity index (χ1) is 19.6. The minimum atomic E-state index is -0.119. The number of nitrogens with one attached hydrogen (secondary N) is 1. The molecule has 0 saturated heterocycles. The van der Waals surface area contributed by atoms with Gasteiger partial charge in [-0.3, -0.25) is 4.79 Å². The number of fused-ring (bicyclic) bond motifs is 1. The van der Waals surface area contributed by atoms with Crippen LogP contribution in [0.25, 0.3) is 0 Å². The molecule has 1 atom stereocenters. The number of nitrogens with zero attached hydrogens (tertiary/aromatic N) is 1. The molecule has 0 saturated carbocycles. The van der Waals surface area contributed by atoms with E-state index in [-0.39, 0.29) is 11.3 Å². The number of rotatable bonds is 8. The number of amides is 1. The van der Waals surface area contributed by atoms with Gasteiger partial charge in [-0.1, -0.05) is 50.0 Å². The fourth-order valence-electron chi connectivity index (χ4n) is 4.95. The number of hydrogen-bond donors (Lipinski definition) is 1. The number of carbonyl (C=O) groups excluding carboxylic acids is 1. The van der Waals surface area contributed by atoms with Gasteiger partial charge in [0.15, 0.2) is 0 Å². The highest BCUT2D eigenvalue weighted by molar-refractivity contribution is 9.10. The minimum Gasteiger partial charge on any atom is -0.488 e. The van der Waals surface area contributed by atoms with E-state index in [4.69, 9.17) is 37.3 Å². The summed E-state index contributed by atoms with van der Waals surface area (Å²) in [5.41, 5.74) is 3.75. The summed E-state index contributed by atoms with van der Waals surface area (Å²) in [5, 5.41) is 4.91. The van der Waals surface area contributed by atoms with Crippen molar-refractivity contribution in [2.75, 3.05) is 0 Å². The van der Waals surface area contributed by atoms with Crippen molar-refractivity contribution < 1.29 is 13.9 Å². The fourth-order valence-corrected chi connectivity index (χ4v) is 7.19. The van der Waals surface area contributed by atoms with Gasteiger partial charge in [0.2, 0.25) is 0 Å². The second kappa shape index (κ2) is 12.7. The van der Waals surface area contributed by atoms with Crippen molar-refractivity contribution >= 4 is 67.6 Å². The lowest BCUT2D eigenvalue weighted by molar-refractivity contribution is 0.0947. The van der Waals surface area contributed by atoms with E-state index in [1.165, 1.54) is 4.88 Å². The monoisotopic (exact) mass is 672 g/mol. The zero-order valence-corrected chi connectivity index (χ0v) is 27.0. The van der Waals surface area contributed by atoms with Crippen LogP contribution < -0.4 is 10.1 Å². The molecule has 0 aliphatic heterocycles. The summed E-state index contributed by atoms with van der Waals surface area (Å²) in [6, 6.07) is 14.8. The Hall–Kier alpha value is -2.58. The lowest BCUT2D eigenvalue weighted by Crippen LogP contribution is -2.28. The molecule has 0 bridgehead atoms. The molecular weight excluding hydrogens is 643 g/mol. The standard InChI is InChI=1S/C32H31BrCl2N2O3S/c1-32(2,3)21-8-10-24-28(14-21)41-31(29(24)30(38)36-17-23-5-4-12-39-23)37-16-19-6-11-27(25(33)13-19)40-18-20-7-9-22(34)15-26(20)35/h4-7,9,11-13,15-16,21H,8,10,14,17-18H2,1-3H3,(H,36,38)/t21-/m0/s1. The SMILES string of the molecule is CC(C)(C)[C@H]1CCc2c(sc(N=Cc3ccc(OCc4ccc(Cl)cc4Cl)c(Br)c3)c2C(=O)NCc2ccco2)C1. The van der Waals surface area contributed by atoms with Gasteiger partial charge in [0, 0.05) is 26.7 Å². The molecule has 1 amide bonds. The van der Waals surface area contributed by atoms with Crippen LogP contribution in [0.15, 0.2) is 68.7 Å². The topological polar surface area (TPSA) is 63.8 Å². The van der Waals surface area contributed by atoms with Gasteiger partial charge in [0.1, 0.15) is 23.1 Å². The predicted molar refractivity (Wildman–Crippen MR) is 171 cm³/mol. The molecule has 1 aliphatic rings. The molecule has 5 nitrogen and oxygen atoms in total. The maximum Gasteiger partial charge on any atom is 0.255 e. The Labute approximate surface area is 263 Å². The highest BCUT2D eigenvalue weighted by Gasteiger charge is 2.33. The average Bonchev–Trinajstić information content (AvgIpc) is 3.57. The normalized spacial score (nSPS) is 15.2. The van der Waals surface area contributed by atoms with Crippen LogP contribution in [-0.2, 0) is 26.0 Å². The molecular formula is C32H31BrCl2N2O3S. The van der Waals surface area contributed by atoms with E-state index in [9.17, 15) is 4.79 Å². The Balaban J connectivity index is 1.36. The maximum absolute atomic E-state index is 13.5. The van der Waals surface area contributed by atoms with Crippen LogP contribution >= 0.6 is 50.5 Å². The van der Waals surface area contributed by atoms with E-state index in [2.05, 4.69) is 42.0 Å². The summed E-state index contributed by atoms with van der Waals surface area (Å²) in [6.07, 6.45) is 6.31. The maximum atomic E-state index is 13.5. The summed E-state index contributed by atoms with van der Waals surface area (Å²) in [5.74, 6) is 1.85. The molecule has 4 aromatic rings. The Morgan fingerprint density at radius 1 is 1.22 bits per heavy atom. The van der Waals surface area contributed by atoms with Crippen LogP contribution in [0.4, 0.5) is 5.00 Å². The third kappa shape index (κ3) is 7.26. The van der Waals surface area contributed by atoms with E-state index in [0.717, 1.165) is 45.4 Å². The van der Waals surface area contributed by atoms with E-state index in [1.54, 1.807) is 35.9 Å². The number of thiophene rings is 1. The smallest absolute Gasteiger partial charge is 0.255 e. The summed E-state index contributed by atoms with van der Waals surface area (Å²) in [4.78, 5) is 19.6. The molecule has 5 rings (SSSR count). The summed E-state index contributed by atoms with van der Waals surface area (Å²) >= 11 is 17.5. The Morgan fingerprint density at radius 3 is 2.76 bits per heavy atom. The first-order valence-corrected chi connectivity index (χ1v) is 15.8.